The van der Waals surface area contributed by atoms with E-state index >= 15 is 0 Å². The Hall–Kier alpha value is -0.670. The van der Waals surface area contributed by atoms with Crippen LogP contribution in [-0.4, -0.2) is 24.4 Å². The molecule has 0 amide bonds. The molecule has 1 aromatic carbocycles. The van der Waals surface area contributed by atoms with Gasteiger partial charge < -0.3 is 10.1 Å². The highest BCUT2D eigenvalue weighted by Crippen LogP contribution is 2.27. The fraction of sp³-hybridized carbons (Fsp3) is 0.500. The Morgan fingerprint density at radius 2 is 1.93 bits per heavy atom. The number of ether oxygens (including phenoxy) is 1. The predicted molar refractivity (Wildman–Crippen MR) is 64.7 cm³/mol. The van der Waals surface area contributed by atoms with Gasteiger partial charge in [0.1, 0.15) is 5.75 Å². The van der Waals surface area contributed by atoms with Crippen molar-refractivity contribution in [2.75, 3.05) is 13.1 Å². The lowest BCUT2D eigenvalue weighted by atomic mass is 10.3. The van der Waals surface area contributed by atoms with E-state index in [1.54, 1.807) is 0 Å². The van der Waals surface area contributed by atoms with Gasteiger partial charge in [0, 0.05) is 23.2 Å². The minimum Gasteiger partial charge on any atom is -0.491 e. The quantitative estimate of drug-likeness (QED) is 0.847. The van der Waals surface area contributed by atoms with Gasteiger partial charge in [-0.15, -0.1) is 11.8 Å². The lowest BCUT2D eigenvalue weighted by Crippen LogP contribution is -2.44. The lowest BCUT2D eigenvalue weighted by Gasteiger charge is -2.26. The van der Waals surface area contributed by atoms with E-state index < -0.39 is 0 Å². The van der Waals surface area contributed by atoms with Crippen molar-refractivity contribution < 1.29 is 4.74 Å². The molecule has 0 radical (unpaired) electrons. The normalized spacial score (nSPS) is 16.5. The molecule has 1 heterocycles. The minimum absolute atomic E-state index is 0.249. The van der Waals surface area contributed by atoms with E-state index in [9.17, 15) is 0 Å². The molecule has 15 heavy (non-hydrogen) atoms. The van der Waals surface area contributed by atoms with Gasteiger partial charge in [0.25, 0.3) is 0 Å². The average molecular weight is 223 g/mol. The highest BCUT2D eigenvalue weighted by molar-refractivity contribution is 8.00. The molecule has 82 valence electrons. The Balaban J connectivity index is 1.91. The summed E-state index contributed by atoms with van der Waals surface area (Å²) in [5.41, 5.74) is 0. The second-order valence-corrected chi connectivity index (χ2v) is 5.41. The van der Waals surface area contributed by atoms with E-state index in [0.29, 0.717) is 0 Å². The largest absolute Gasteiger partial charge is 0.491 e. The molecule has 1 aromatic rings. The van der Waals surface area contributed by atoms with Crippen LogP contribution in [0.5, 0.6) is 5.75 Å². The average Bonchev–Trinajstić information content (AvgIpc) is 2.13. The molecule has 0 spiro atoms. The standard InChI is InChI=1S/C12H17NOS/c1-9(2)14-10-3-5-11(6-4-10)15-12-7-13-8-12/h3-6,9,12-13H,7-8H2,1-2H3. The summed E-state index contributed by atoms with van der Waals surface area (Å²) in [6.07, 6.45) is 0.249. The third kappa shape index (κ3) is 3.14. The summed E-state index contributed by atoms with van der Waals surface area (Å²) in [5.74, 6) is 0.959. The third-order valence-corrected chi connectivity index (χ3v) is 3.45. The zero-order chi connectivity index (χ0) is 10.7. The van der Waals surface area contributed by atoms with Crippen molar-refractivity contribution in [3.63, 3.8) is 0 Å². The summed E-state index contributed by atoms with van der Waals surface area (Å²) < 4.78 is 5.59. The summed E-state index contributed by atoms with van der Waals surface area (Å²) in [7, 11) is 0. The smallest absolute Gasteiger partial charge is 0.119 e. The Bertz CT molecular complexity index is 306. The van der Waals surface area contributed by atoms with Crippen LogP contribution in [-0.2, 0) is 0 Å². The maximum absolute atomic E-state index is 5.59. The van der Waals surface area contributed by atoms with E-state index in [2.05, 4.69) is 29.6 Å². The summed E-state index contributed by atoms with van der Waals surface area (Å²) in [6, 6.07) is 8.38. The monoisotopic (exact) mass is 223 g/mol. The fourth-order valence-corrected chi connectivity index (χ4v) is 2.49. The fourth-order valence-electron chi connectivity index (χ4n) is 1.41. The first-order valence-corrected chi connectivity index (χ1v) is 6.26. The van der Waals surface area contributed by atoms with E-state index in [0.717, 1.165) is 24.1 Å². The van der Waals surface area contributed by atoms with Crippen molar-refractivity contribution >= 4 is 11.8 Å². The molecule has 0 unspecified atom stereocenters. The second kappa shape index (κ2) is 4.90. The van der Waals surface area contributed by atoms with Gasteiger partial charge in [0.2, 0.25) is 0 Å². The molecule has 1 aliphatic heterocycles. The van der Waals surface area contributed by atoms with Crippen molar-refractivity contribution in [2.45, 2.75) is 30.1 Å². The van der Waals surface area contributed by atoms with Crippen LogP contribution in [0.25, 0.3) is 0 Å². The number of nitrogens with one attached hydrogen (secondary N) is 1. The van der Waals surface area contributed by atoms with Crippen LogP contribution in [0.3, 0.4) is 0 Å². The Morgan fingerprint density at radius 1 is 1.27 bits per heavy atom. The van der Waals surface area contributed by atoms with Crippen LogP contribution < -0.4 is 10.1 Å². The molecule has 2 nitrogen and oxygen atoms in total. The van der Waals surface area contributed by atoms with Crippen molar-refractivity contribution in [2.24, 2.45) is 0 Å². The Morgan fingerprint density at radius 3 is 2.40 bits per heavy atom. The molecule has 1 N–H and O–H groups in total. The zero-order valence-corrected chi connectivity index (χ0v) is 10.0. The number of benzene rings is 1. The van der Waals surface area contributed by atoms with Crippen LogP contribution in [0.2, 0.25) is 0 Å². The van der Waals surface area contributed by atoms with Crippen molar-refractivity contribution in [3.8, 4) is 5.75 Å². The Kier molecular flexibility index (Phi) is 3.54. The number of hydrogen-bond donors (Lipinski definition) is 1. The SMILES string of the molecule is CC(C)Oc1ccc(SC2CNC2)cc1. The number of thioether (sulfide) groups is 1. The van der Waals surface area contributed by atoms with E-state index in [-0.39, 0.29) is 6.10 Å². The van der Waals surface area contributed by atoms with E-state index in [1.807, 2.05) is 25.6 Å². The van der Waals surface area contributed by atoms with Crippen LogP contribution in [0, 0.1) is 0 Å². The molecule has 3 heteroatoms. The van der Waals surface area contributed by atoms with Gasteiger partial charge in [-0.1, -0.05) is 0 Å². The van der Waals surface area contributed by atoms with Crippen molar-refractivity contribution in [1.82, 2.24) is 5.32 Å². The summed E-state index contributed by atoms with van der Waals surface area (Å²) in [5, 5.41) is 4.03. The number of rotatable bonds is 4. The first-order chi connectivity index (χ1) is 7.24. The molecule has 1 saturated heterocycles. The molecule has 0 aliphatic carbocycles. The maximum Gasteiger partial charge on any atom is 0.119 e. The molecular weight excluding hydrogens is 206 g/mol. The molecular formula is C12H17NOS. The van der Waals surface area contributed by atoms with Gasteiger partial charge in [0.15, 0.2) is 0 Å². The van der Waals surface area contributed by atoms with Gasteiger partial charge in [-0.2, -0.15) is 0 Å². The molecule has 0 saturated carbocycles. The van der Waals surface area contributed by atoms with Gasteiger partial charge >= 0.3 is 0 Å². The van der Waals surface area contributed by atoms with Gasteiger partial charge in [-0.05, 0) is 38.1 Å². The van der Waals surface area contributed by atoms with Crippen molar-refractivity contribution in [1.29, 1.82) is 0 Å². The van der Waals surface area contributed by atoms with Gasteiger partial charge in [0.05, 0.1) is 6.10 Å². The van der Waals surface area contributed by atoms with Gasteiger partial charge in [-0.25, -0.2) is 0 Å². The van der Waals surface area contributed by atoms with E-state index in [4.69, 9.17) is 4.74 Å². The molecule has 1 aliphatic rings. The van der Waals surface area contributed by atoms with Crippen molar-refractivity contribution in [3.05, 3.63) is 24.3 Å². The second-order valence-electron chi connectivity index (χ2n) is 4.04. The lowest BCUT2D eigenvalue weighted by molar-refractivity contribution is 0.242. The third-order valence-electron chi connectivity index (χ3n) is 2.24. The zero-order valence-electron chi connectivity index (χ0n) is 9.19. The first-order valence-electron chi connectivity index (χ1n) is 5.38. The predicted octanol–water partition coefficient (Wildman–Crippen LogP) is 2.54. The molecule has 2 rings (SSSR count). The van der Waals surface area contributed by atoms with Crippen LogP contribution in [0.1, 0.15) is 13.8 Å². The topological polar surface area (TPSA) is 21.3 Å². The van der Waals surface area contributed by atoms with Gasteiger partial charge in [-0.3, -0.25) is 0 Å². The first kappa shape index (κ1) is 10.8. The molecule has 0 atom stereocenters. The van der Waals surface area contributed by atoms with Crippen LogP contribution >= 0.6 is 11.8 Å². The summed E-state index contributed by atoms with van der Waals surface area (Å²) >= 11 is 1.94. The maximum atomic E-state index is 5.59. The molecule has 1 fully saturated rings. The highest BCUT2D eigenvalue weighted by Gasteiger charge is 2.17. The minimum atomic E-state index is 0.249. The Labute approximate surface area is 95.4 Å². The molecule has 0 bridgehead atoms. The number of hydrogen-bond acceptors (Lipinski definition) is 3. The molecule has 0 aromatic heterocycles. The van der Waals surface area contributed by atoms with Crippen LogP contribution in [0.4, 0.5) is 0 Å². The van der Waals surface area contributed by atoms with Crippen LogP contribution in [0.15, 0.2) is 29.2 Å². The summed E-state index contributed by atoms with van der Waals surface area (Å²) in [6.45, 7) is 6.36. The summed E-state index contributed by atoms with van der Waals surface area (Å²) in [4.78, 5) is 1.33. The van der Waals surface area contributed by atoms with E-state index in [1.165, 1.54) is 4.90 Å². The highest BCUT2D eigenvalue weighted by atomic mass is 32.2.